The predicted molar refractivity (Wildman–Crippen MR) is 104 cm³/mol. The highest BCUT2D eigenvalue weighted by Gasteiger charge is 2.17. The summed E-state index contributed by atoms with van der Waals surface area (Å²) in [5.74, 6) is 0.173. The number of hydrogen-bond acceptors (Lipinski definition) is 2. The lowest BCUT2D eigenvalue weighted by Gasteiger charge is -2.15. The van der Waals surface area contributed by atoms with E-state index in [-0.39, 0.29) is 11.8 Å². The van der Waals surface area contributed by atoms with Crippen LogP contribution in [0.1, 0.15) is 30.4 Å². The summed E-state index contributed by atoms with van der Waals surface area (Å²) in [6.07, 6.45) is 3.83. The Kier molecular flexibility index (Phi) is 6.29. The lowest BCUT2D eigenvalue weighted by atomic mass is 10.1. The number of nitrogens with one attached hydrogen (secondary N) is 1. The molecule has 0 aliphatic carbocycles. The van der Waals surface area contributed by atoms with Crippen LogP contribution in [0.2, 0.25) is 5.02 Å². The van der Waals surface area contributed by atoms with Crippen molar-refractivity contribution in [3.05, 3.63) is 64.7 Å². The zero-order chi connectivity index (χ0) is 18.4. The lowest BCUT2D eigenvalue weighted by molar-refractivity contribution is -0.130. The molecule has 136 valence electrons. The Bertz CT molecular complexity index is 751. The summed E-state index contributed by atoms with van der Waals surface area (Å²) in [6, 6.07) is 15.0. The molecule has 0 radical (unpaired) electrons. The minimum Gasteiger partial charge on any atom is -0.343 e. The topological polar surface area (TPSA) is 49.4 Å². The molecule has 2 aromatic carbocycles. The van der Waals surface area contributed by atoms with Gasteiger partial charge < -0.3 is 10.2 Å². The molecule has 0 spiro atoms. The third-order valence-corrected chi connectivity index (χ3v) is 4.85. The smallest absolute Gasteiger partial charge is 0.228 e. The van der Waals surface area contributed by atoms with Gasteiger partial charge in [-0.3, -0.25) is 9.59 Å². The molecule has 3 rings (SSSR count). The fourth-order valence-electron chi connectivity index (χ4n) is 3.12. The van der Waals surface area contributed by atoms with E-state index in [0.717, 1.165) is 49.2 Å². The monoisotopic (exact) mass is 370 g/mol. The number of amides is 2. The van der Waals surface area contributed by atoms with Crippen LogP contribution in [0.25, 0.3) is 0 Å². The van der Waals surface area contributed by atoms with Gasteiger partial charge in [0.25, 0.3) is 0 Å². The number of hydrogen-bond donors (Lipinski definition) is 1. The Morgan fingerprint density at radius 1 is 0.923 bits per heavy atom. The quantitative estimate of drug-likeness (QED) is 0.833. The van der Waals surface area contributed by atoms with Crippen molar-refractivity contribution in [3.63, 3.8) is 0 Å². The van der Waals surface area contributed by atoms with Crippen LogP contribution in [-0.2, 0) is 22.4 Å². The van der Waals surface area contributed by atoms with E-state index < -0.39 is 0 Å². The average molecular weight is 371 g/mol. The summed E-state index contributed by atoms with van der Waals surface area (Å²) in [5, 5.41) is 3.55. The number of benzene rings is 2. The summed E-state index contributed by atoms with van der Waals surface area (Å²) in [5.41, 5.74) is 2.79. The highest BCUT2D eigenvalue weighted by Crippen LogP contribution is 2.15. The first kappa shape index (κ1) is 18.5. The number of carbonyl (C=O) groups is 2. The highest BCUT2D eigenvalue weighted by molar-refractivity contribution is 6.30. The van der Waals surface area contributed by atoms with Crippen LogP contribution in [0.15, 0.2) is 48.5 Å². The standard InChI is InChI=1S/C21H23ClN2O2/c22-18-8-3-17(4-9-18)15-20(25)23-19-10-5-16(6-11-19)7-12-21(26)24-13-1-2-14-24/h3-6,8-11H,1-2,7,12-15H2,(H,23,25). The van der Waals surface area contributed by atoms with E-state index in [1.807, 2.05) is 41.3 Å². The predicted octanol–water partition coefficient (Wildman–Crippen LogP) is 4.08. The first-order chi connectivity index (χ1) is 12.6. The van der Waals surface area contributed by atoms with Gasteiger partial charge in [0.1, 0.15) is 0 Å². The molecule has 0 atom stereocenters. The maximum Gasteiger partial charge on any atom is 0.228 e. The van der Waals surface area contributed by atoms with Gasteiger partial charge in [-0.25, -0.2) is 0 Å². The van der Waals surface area contributed by atoms with Crippen molar-refractivity contribution in [2.45, 2.75) is 32.1 Å². The Labute approximate surface area is 159 Å². The number of anilines is 1. The Hall–Kier alpha value is -2.33. The van der Waals surface area contributed by atoms with Crippen molar-refractivity contribution in [3.8, 4) is 0 Å². The summed E-state index contributed by atoms with van der Waals surface area (Å²) >= 11 is 5.85. The van der Waals surface area contributed by atoms with Crippen LogP contribution in [0.4, 0.5) is 5.69 Å². The van der Waals surface area contributed by atoms with Crippen molar-refractivity contribution in [2.24, 2.45) is 0 Å². The molecule has 1 fully saturated rings. The van der Waals surface area contributed by atoms with Crippen LogP contribution < -0.4 is 5.32 Å². The van der Waals surface area contributed by atoms with E-state index in [0.29, 0.717) is 17.9 Å². The maximum atomic E-state index is 12.1. The maximum absolute atomic E-state index is 12.1. The largest absolute Gasteiger partial charge is 0.343 e. The van der Waals surface area contributed by atoms with Crippen LogP contribution in [-0.4, -0.2) is 29.8 Å². The average Bonchev–Trinajstić information content (AvgIpc) is 3.17. The van der Waals surface area contributed by atoms with Gasteiger partial charge in [-0.1, -0.05) is 35.9 Å². The van der Waals surface area contributed by atoms with E-state index in [9.17, 15) is 9.59 Å². The van der Waals surface area contributed by atoms with Gasteiger partial charge in [0, 0.05) is 30.2 Å². The van der Waals surface area contributed by atoms with Crippen LogP contribution in [0, 0.1) is 0 Å². The zero-order valence-electron chi connectivity index (χ0n) is 14.7. The molecule has 0 aromatic heterocycles. The molecule has 4 nitrogen and oxygen atoms in total. The van der Waals surface area contributed by atoms with E-state index >= 15 is 0 Å². The number of halogens is 1. The molecule has 1 aliphatic rings. The third kappa shape index (κ3) is 5.33. The Balaban J connectivity index is 1.46. The molecular formula is C21H23ClN2O2. The van der Waals surface area contributed by atoms with Crippen LogP contribution in [0.3, 0.4) is 0 Å². The van der Waals surface area contributed by atoms with Gasteiger partial charge in [0.05, 0.1) is 6.42 Å². The first-order valence-electron chi connectivity index (χ1n) is 9.01. The summed E-state index contributed by atoms with van der Waals surface area (Å²) < 4.78 is 0. The van der Waals surface area contributed by atoms with E-state index in [1.165, 1.54) is 0 Å². The lowest BCUT2D eigenvalue weighted by Crippen LogP contribution is -2.27. The van der Waals surface area contributed by atoms with E-state index in [1.54, 1.807) is 12.1 Å². The molecule has 1 aliphatic heterocycles. The molecule has 1 N–H and O–H groups in total. The minimum absolute atomic E-state index is 0.0655. The van der Waals surface area contributed by atoms with Gasteiger partial charge in [-0.15, -0.1) is 0 Å². The number of likely N-dealkylation sites (tertiary alicyclic amines) is 1. The molecule has 2 amide bonds. The fourth-order valence-corrected chi connectivity index (χ4v) is 3.25. The third-order valence-electron chi connectivity index (χ3n) is 4.60. The Morgan fingerprint density at radius 2 is 1.54 bits per heavy atom. The van der Waals surface area contributed by atoms with Crippen molar-refractivity contribution in [1.82, 2.24) is 4.90 Å². The summed E-state index contributed by atoms with van der Waals surface area (Å²) in [7, 11) is 0. The second kappa shape index (κ2) is 8.86. The minimum atomic E-state index is -0.0655. The molecule has 1 saturated heterocycles. The van der Waals surface area contributed by atoms with E-state index in [2.05, 4.69) is 5.32 Å². The highest BCUT2D eigenvalue weighted by atomic mass is 35.5. The SMILES string of the molecule is O=C(Cc1ccc(Cl)cc1)Nc1ccc(CCC(=O)N2CCCC2)cc1. The fraction of sp³-hybridized carbons (Fsp3) is 0.333. The van der Waals surface area contributed by atoms with Crippen molar-refractivity contribution >= 4 is 29.1 Å². The number of carbonyl (C=O) groups excluding carboxylic acids is 2. The summed E-state index contributed by atoms with van der Waals surface area (Å²) in [6.45, 7) is 1.80. The number of nitrogens with zero attached hydrogens (tertiary/aromatic N) is 1. The van der Waals surface area contributed by atoms with Gasteiger partial charge in [-0.05, 0) is 54.7 Å². The second-order valence-electron chi connectivity index (χ2n) is 6.64. The molecule has 1 heterocycles. The van der Waals surface area contributed by atoms with Gasteiger partial charge in [-0.2, -0.15) is 0 Å². The number of rotatable bonds is 6. The molecule has 0 saturated carbocycles. The molecule has 0 bridgehead atoms. The van der Waals surface area contributed by atoms with Gasteiger partial charge >= 0.3 is 0 Å². The molecule has 0 unspecified atom stereocenters. The molecule has 2 aromatic rings. The molecule has 26 heavy (non-hydrogen) atoms. The first-order valence-corrected chi connectivity index (χ1v) is 9.39. The second-order valence-corrected chi connectivity index (χ2v) is 7.07. The summed E-state index contributed by atoms with van der Waals surface area (Å²) in [4.78, 5) is 26.2. The van der Waals surface area contributed by atoms with Gasteiger partial charge in [0.2, 0.25) is 11.8 Å². The zero-order valence-corrected chi connectivity index (χ0v) is 15.5. The Morgan fingerprint density at radius 3 is 2.19 bits per heavy atom. The molecular weight excluding hydrogens is 348 g/mol. The van der Waals surface area contributed by atoms with Gasteiger partial charge in [0.15, 0.2) is 0 Å². The van der Waals surface area contributed by atoms with Crippen LogP contribution >= 0.6 is 11.6 Å². The normalized spacial score (nSPS) is 13.7. The van der Waals surface area contributed by atoms with E-state index in [4.69, 9.17) is 11.6 Å². The van der Waals surface area contributed by atoms with Crippen molar-refractivity contribution < 1.29 is 9.59 Å². The number of aryl methyl sites for hydroxylation is 1. The van der Waals surface area contributed by atoms with Crippen molar-refractivity contribution in [1.29, 1.82) is 0 Å². The van der Waals surface area contributed by atoms with Crippen LogP contribution in [0.5, 0.6) is 0 Å². The molecule has 5 heteroatoms. The van der Waals surface area contributed by atoms with Crippen molar-refractivity contribution in [2.75, 3.05) is 18.4 Å².